The van der Waals surface area contributed by atoms with Gasteiger partial charge in [0.25, 0.3) is 0 Å². The standard InChI is InChI=1S/C16H28O/c1-10(2)15(17)11(3)16-7-12-4-13(8-16)6-14(5-12)9-16/h10-15,17H,4-9H2,1-3H3. The Kier molecular flexibility index (Phi) is 2.81. The van der Waals surface area contributed by atoms with Crippen molar-refractivity contribution in [2.75, 3.05) is 0 Å². The van der Waals surface area contributed by atoms with Crippen molar-refractivity contribution >= 4 is 0 Å². The maximum Gasteiger partial charge on any atom is 0.0593 e. The SMILES string of the molecule is CC(C)C(O)C(C)C12CC3CC(CC(C3)C1)C2. The third-order valence-electron chi connectivity index (χ3n) is 6.25. The molecule has 1 N–H and O–H groups in total. The van der Waals surface area contributed by atoms with E-state index in [0.717, 1.165) is 17.8 Å². The van der Waals surface area contributed by atoms with E-state index in [1.807, 2.05) is 0 Å². The van der Waals surface area contributed by atoms with E-state index in [2.05, 4.69) is 20.8 Å². The zero-order valence-corrected chi connectivity index (χ0v) is 11.7. The van der Waals surface area contributed by atoms with Crippen molar-refractivity contribution < 1.29 is 5.11 Å². The highest BCUT2D eigenvalue weighted by Crippen LogP contribution is 2.63. The molecule has 4 saturated carbocycles. The van der Waals surface area contributed by atoms with E-state index < -0.39 is 0 Å². The van der Waals surface area contributed by atoms with E-state index in [1.54, 1.807) is 0 Å². The lowest BCUT2D eigenvalue weighted by Crippen LogP contribution is -2.52. The topological polar surface area (TPSA) is 20.2 Å². The maximum atomic E-state index is 10.5. The summed E-state index contributed by atoms with van der Waals surface area (Å²) < 4.78 is 0. The minimum absolute atomic E-state index is 0.0914. The first-order valence-electron chi connectivity index (χ1n) is 7.68. The van der Waals surface area contributed by atoms with Crippen LogP contribution >= 0.6 is 0 Å². The largest absolute Gasteiger partial charge is 0.393 e. The van der Waals surface area contributed by atoms with Gasteiger partial charge in [0, 0.05) is 0 Å². The normalized spacial score (nSPS) is 47.5. The second kappa shape index (κ2) is 3.98. The summed E-state index contributed by atoms with van der Waals surface area (Å²) in [5.41, 5.74) is 0.512. The van der Waals surface area contributed by atoms with Crippen molar-refractivity contribution in [2.24, 2.45) is 35.0 Å². The molecular weight excluding hydrogens is 208 g/mol. The zero-order chi connectivity index (χ0) is 12.2. The fraction of sp³-hybridized carbons (Fsp3) is 1.00. The summed E-state index contributed by atoms with van der Waals surface area (Å²) >= 11 is 0. The van der Waals surface area contributed by atoms with E-state index >= 15 is 0 Å². The molecule has 0 saturated heterocycles. The maximum absolute atomic E-state index is 10.5. The third-order valence-corrected chi connectivity index (χ3v) is 6.25. The fourth-order valence-corrected chi connectivity index (χ4v) is 5.67. The molecule has 0 radical (unpaired) electrons. The highest BCUT2D eigenvalue weighted by Gasteiger charge is 2.54. The van der Waals surface area contributed by atoms with Crippen LogP contribution in [0, 0.1) is 35.0 Å². The number of aliphatic hydroxyl groups excluding tert-OH is 1. The van der Waals surface area contributed by atoms with Crippen LogP contribution in [0.5, 0.6) is 0 Å². The minimum atomic E-state index is -0.0914. The van der Waals surface area contributed by atoms with Gasteiger partial charge in [0.2, 0.25) is 0 Å². The molecule has 4 aliphatic rings. The molecule has 4 bridgehead atoms. The Labute approximate surface area is 106 Å². The van der Waals surface area contributed by atoms with Gasteiger partial charge < -0.3 is 5.11 Å². The highest BCUT2D eigenvalue weighted by molar-refractivity contribution is 5.04. The first-order valence-corrected chi connectivity index (χ1v) is 7.68. The van der Waals surface area contributed by atoms with Crippen molar-refractivity contribution in [2.45, 2.75) is 65.4 Å². The molecular formula is C16H28O. The van der Waals surface area contributed by atoms with E-state index in [1.165, 1.54) is 38.5 Å². The Hall–Kier alpha value is -0.0400. The van der Waals surface area contributed by atoms with Gasteiger partial charge in [-0.25, -0.2) is 0 Å². The van der Waals surface area contributed by atoms with Gasteiger partial charge in [0.05, 0.1) is 6.10 Å². The average molecular weight is 236 g/mol. The van der Waals surface area contributed by atoms with Crippen LogP contribution in [0.4, 0.5) is 0 Å². The molecule has 0 aromatic rings. The summed E-state index contributed by atoms with van der Waals surface area (Å²) in [5.74, 6) is 3.93. The van der Waals surface area contributed by atoms with Gasteiger partial charge in [-0.2, -0.15) is 0 Å². The van der Waals surface area contributed by atoms with E-state index in [-0.39, 0.29) is 6.10 Å². The smallest absolute Gasteiger partial charge is 0.0593 e. The van der Waals surface area contributed by atoms with Crippen LogP contribution < -0.4 is 0 Å². The molecule has 2 unspecified atom stereocenters. The summed E-state index contributed by atoms with van der Waals surface area (Å²) in [7, 11) is 0. The van der Waals surface area contributed by atoms with Crippen molar-refractivity contribution in [3.8, 4) is 0 Å². The van der Waals surface area contributed by atoms with Crippen LogP contribution in [-0.2, 0) is 0 Å². The first-order chi connectivity index (χ1) is 8.00. The van der Waals surface area contributed by atoms with Crippen molar-refractivity contribution in [3.05, 3.63) is 0 Å². The van der Waals surface area contributed by atoms with Crippen LogP contribution in [0.1, 0.15) is 59.3 Å². The first kappa shape index (κ1) is 12.0. The quantitative estimate of drug-likeness (QED) is 0.789. The molecule has 0 aromatic carbocycles. The summed E-state index contributed by atoms with van der Waals surface area (Å²) in [5, 5.41) is 10.5. The third kappa shape index (κ3) is 1.85. The summed E-state index contributed by atoms with van der Waals surface area (Å²) in [6.45, 7) is 6.67. The van der Waals surface area contributed by atoms with Gasteiger partial charge in [-0.1, -0.05) is 20.8 Å². The van der Waals surface area contributed by atoms with E-state index in [4.69, 9.17) is 0 Å². The lowest BCUT2D eigenvalue weighted by molar-refractivity contribution is -0.118. The Bertz CT molecular complexity index is 259. The van der Waals surface area contributed by atoms with Gasteiger partial charge in [-0.05, 0) is 73.5 Å². The van der Waals surface area contributed by atoms with Crippen LogP contribution in [0.15, 0.2) is 0 Å². The predicted octanol–water partition coefficient (Wildman–Crippen LogP) is 3.86. The van der Waals surface area contributed by atoms with Gasteiger partial charge in [0.15, 0.2) is 0 Å². The number of hydrogen-bond donors (Lipinski definition) is 1. The van der Waals surface area contributed by atoms with Crippen molar-refractivity contribution in [1.82, 2.24) is 0 Å². The lowest BCUT2D eigenvalue weighted by atomic mass is 9.46. The highest BCUT2D eigenvalue weighted by atomic mass is 16.3. The van der Waals surface area contributed by atoms with Crippen LogP contribution in [0.2, 0.25) is 0 Å². The monoisotopic (exact) mass is 236 g/mol. The Morgan fingerprint density at radius 2 is 1.29 bits per heavy atom. The molecule has 2 atom stereocenters. The molecule has 0 aromatic heterocycles. The lowest BCUT2D eigenvalue weighted by Gasteiger charge is -2.60. The Morgan fingerprint density at radius 1 is 0.882 bits per heavy atom. The molecule has 4 rings (SSSR count). The van der Waals surface area contributed by atoms with Gasteiger partial charge in [-0.3, -0.25) is 0 Å². The molecule has 17 heavy (non-hydrogen) atoms. The van der Waals surface area contributed by atoms with Crippen LogP contribution in [0.3, 0.4) is 0 Å². The average Bonchev–Trinajstić information content (AvgIpc) is 2.25. The number of hydrogen-bond acceptors (Lipinski definition) is 1. The van der Waals surface area contributed by atoms with E-state index in [9.17, 15) is 5.11 Å². The predicted molar refractivity (Wildman–Crippen MR) is 70.6 cm³/mol. The Morgan fingerprint density at radius 3 is 1.65 bits per heavy atom. The van der Waals surface area contributed by atoms with Crippen LogP contribution in [-0.4, -0.2) is 11.2 Å². The molecule has 1 nitrogen and oxygen atoms in total. The fourth-order valence-electron chi connectivity index (χ4n) is 5.67. The summed E-state index contributed by atoms with van der Waals surface area (Å²) in [6, 6.07) is 0. The molecule has 0 amide bonds. The summed E-state index contributed by atoms with van der Waals surface area (Å²) in [6.07, 6.45) is 8.68. The van der Waals surface area contributed by atoms with E-state index in [0.29, 0.717) is 17.3 Å². The van der Waals surface area contributed by atoms with Gasteiger partial charge in [0.1, 0.15) is 0 Å². The molecule has 0 aliphatic heterocycles. The number of rotatable bonds is 3. The molecule has 4 fully saturated rings. The minimum Gasteiger partial charge on any atom is -0.393 e. The Balaban J connectivity index is 1.81. The molecule has 0 spiro atoms. The van der Waals surface area contributed by atoms with Crippen LogP contribution in [0.25, 0.3) is 0 Å². The molecule has 4 aliphatic carbocycles. The second-order valence-electron chi connectivity index (χ2n) is 7.80. The van der Waals surface area contributed by atoms with Crippen molar-refractivity contribution in [3.63, 3.8) is 0 Å². The molecule has 98 valence electrons. The second-order valence-corrected chi connectivity index (χ2v) is 7.80. The van der Waals surface area contributed by atoms with Gasteiger partial charge in [-0.15, -0.1) is 0 Å². The molecule has 1 heteroatoms. The summed E-state index contributed by atoms with van der Waals surface area (Å²) in [4.78, 5) is 0. The number of aliphatic hydroxyl groups is 1. The molecule has 0 heterocycles. The zero-order valence-electron chi connectivity index (χ0n) is 11.7. The van der Waals surface area contributed by atoms with Gasteiger partial charge >= 0.3 is 0 Å². The van der Waals surface area contributed by atoms with Crippen molar-refractivity contribution in [1.29, 1.82) is 0 Å².